The van der Waals surface area contributed by atoms with Gasteiger partial charge < -0.3 is 34.6 Å². The van der Waals surface area contributed by atoms with Crippen LogP contribution in [0.25, 0.3) is 0 Å². The van der Waals surface area contributed by atoms with Gasteiger partial charge in [0.05, 0.1) is 6.61 Å². The molecule has 5 unspecified atom stereocenters. The molecule has 0 aromatic heterocycles. The Labute approximate surface area is 158 Å². The number of aliphatic hydroxyl groups excluding tert-OH is 3. The number of ether oxygens (including phenoxy) is 2. The molecule has 0 radical (unpaired) electrons. The summed E-state index contributed by atoms with van der Waals surface area (Å²) in [4.78, 5) is 29.1. The normalized spacial score (nSPS) is 29.0. The lowest BCUT2D eigenvalue weighted by atomic mass is 9.99. The molecule has 0 amide bonds. The van der Waals surface area contributed by atoms with Gasteiger partial charge >= 0.3 is 7.82 Å². The predicted octanol–water partition coefficient (Wildman–Crippen LogP) is 0.240. The van der Waals surface area contributed by atoms with Crippen LogP contribution in [0.1, 0.15) is 51.9 Å². The van der Waals surface area contributed by atoms with Crippen molar-refractivity contribution in [1.82, 2.24) is 0 Å². The Morgan fingerprint density at radius 1 is 1.00 bits per heavy atom. The second-order valence-corrected chi connectivity index (χ2v) is 7.86. The van der Waals surface area contributed by atoms with Crippen molar-refractivity contribution in [2.75, 3.05) is 13.2 Å². The van der Waals surface area contributed by atoms with Crippen molar-refractivity contribution in [2.45, 2.75) is 82.6 Å². The topological polar surface area (TPSA) is 163 Å². The summed E-state index contributed by atoms with van der Waals surface area (Å²) < 4.78 is 25.6. The molecule has 0 spiro atoms. The number of hydrogen-bond acceptors (Lipinski definition) is 8. The Morgan fingerprint density at radius 3 is 2.22 bits per heavy atom. The summed E-state index contributed by atoms with van der Waals surface area (Å²) in [7, 11) is -4.77. The van der Waals surface area contributed by atoms with E-state index in [1.807, 2.05) is 0 Å². The highest BCUT2D eigenvalue weighted by Gasteiger charge is 2.44. The highest BCUT2D eigenvalue weighted by Crippen LogP contribution is 2.37. The molecule has 1 heterocycles. The quantitative estimate of drug-likeness (QED) is 0.208. The molecule has 0 bridgehead atoms. The number of ketones is 1. The van der Waals surface area contributed by atoms with Crippen LogP contribution in [0.3, 0.4) is 0 Å². The maximum Gasteiger partial charge on any atom is 0.469 e. The van der Waals surface area contributed by atoms with E-state index in [4.69, 9.17) is 19.3 Å². The number of rotatable bonds is 13. The number of carbonyl (C=O) groups is 1. The minimum Gasteiger partial charge on any atom is -0.387 e. The van der Waals surface area contributed by atoms with Crippen LogP contribution in [0.2, 0.25) is 0 Å². The molecule has 5 N–H and O–H groups in total. The SMILES string of the molecule is CCCCCC(=O)CCCCOC1OC(COP(=O)(O)O)C(O)C(O)C1O. The smallest absolute Gasteiger partial charge is 0.387 e. The molecule has 0 aromatic rings. The third kappa shape index (κ3) is 9.56. The van der Waals surface area contributed by atoms with E-state index in [1.54, 1.807) is 0 Å². The number of phosphoric acid groups is 1. The third-order valence-electron chi connectivity index (χ3n) is 4.27. The van der Waals surface area contributed by atoms with Gasteiger partial charge in [0, 0.05) is 19.4 Å². The number of hydrogen-bond donors (Lipinski definition) is 5. The fourth-order valence-electron chi connectivity index (χ4n) is 2.68. The van der Waals surface area contributed by atoms with E-state index in [2.05, 4.69) is 11.4 Å². The monoisotopic (exact) mass is 414 g/mol. The van der Waals surface area contributed by atoms with Gasteiger partial charge in [-0.1, -0.05) is 19.8 Å². The fraction of sp³-hybridized carbons (Fsp3) is 0.938. The minimum atomic E-state index is -4.77. The number of unbranched alkanes of at least 4 members (excludes halogenated alkanes) is 3. The molecule has 10 nitrogen and oxygen atoms in total. The lowest BCUT2D eigenvalue weighted by molar-refractivity contribution is -0.300. The average molecular weight is 414 g/mol. The van der Waals surface area contributed by atoms with Gasteiger partial charge in [0.2, 0.25) is 0 Å². The van der Waals surface area contributed by atoms with Crippen molar-refractivity contribution in [3.63, 3.8) is 0 Å². The van der Waals surface area contributed by atoms with Gasteiger partial charge in [0.15, 0.2) is 6.29 Å². The second kappa shape index (κ2) is 12.2. The van der Waals surface area contributed by atoms with E-state index in [-0.39, 0.29) is 12.4 Å². The number of aliphatic hydroxyl groups is 3. The molecule has 5 atom stereocenters. The summed E-state index contributed by atoms with van der Waals surface area (Å²) in [6.07, 6.45) is -2.13. The Hall–Kier alpha value is -0.420. The zero-order chi connectivity index (χ0) is 20.4. The van der Waals surface area contributed by atoms with Crippen molar-refractivity contribution in [2.24, 2.45) is 0 Å². The summed E-state index contributed by atoms with van der Waals surface area (Å²) in [6.45, 7) is 1.54. The summed E-state index contributed by atoms with van der Waals surface area (Å²) in [6, 6.07) is 0. The van der Waals surface area contributed by atoms with Gasteiger partial charge in [-0.3, -0.25) is 9.32 Å². The molecular weight excluding hydrogens is 383 g/mol. The van der Waals surface area contributed by atoms with E-state index < -0.39 is 45.1 Å². The van der Waals surface area contributed by atoms with Crippen LogP contribution in [0, 0.1) is 0 Å². The molecule has 0 aliphatic carbocycles. The Morgan fingerprint density at radius 2 is 1.63 bits per heavy atom. The molecule has 0 saturated carbocycles. The van der Waals surface area contributed by atoms with Crippen molar-refractivity contribution < 1.29 is 48.5 Å². The standard InChI is InChI=1S/C16H31O10P/c1-2-3-4-7-11(17)8-5-6-9-24-16-15(20)14(19)13(18)12(26-16)10-25-27(21,22)23/h12-16,18-20H,2-10H2,1H3,(H2,21,22,23). The van der Waals surface area contributed by atoms with Crippen molar-refractivity contribution in [1.29, 1.82) is 0 Å². The van der Waals surface area contributed by atoms with Crippen LogP contribution in [0.15, 0.2) is 0 Å². The van der Waals surface area contributed by atoms with E-state index in [0.717, 1.165) is 19.3 Å². The van der Waals surface area contributed by atoms with E-state index in [9.17, 15) is 24.7 Å². The van der Waals surface area contributed by atoms with Gasteiger partial charge in [0.1, 0.15) is 30.2 Å². The largest absolute Gasteiger partial charge is 0.469 e. The maximum absolute atomic E-state index is 11.7. The molecule has 0 aromatic carbocycles. The summed E-state index contributed by atoms with van der Waals surface area (Å²) in [5.74, 6) is 0.200. The summed E-state index contributed by atoms with van der Waals surface area (Å²) in [5.41, 5.74) is 0. The molecule has 1 fully saturated rings. The van der Waals surface area contributed by atoms with Crippen LogP contribution in [-0.4, -0.2) is 74.8 Å². The molecule has 1 saturated heterocycles. The maximum atomic E-state index is 11.7. The lowest BCUT2D eigenvalue weighted by Gasteiger charge is -2.40. The predicted molar refractivity (Wildman–Crippen MR) is 93.6 cm³/mol. The minimum absolute atomic E-state index is 0.152. The molecule has 11 heteroatoms. The Bertz CT molecular complexity index is 482. The molecule has 1 aliphatic heterocycles. The lowest BCUT2D eigenvalue weighted by Crippen LogP contribution is -2.59. The summed E-state index contributed by atoms with van der Waals surface area (Å²) >= 11 is 0. The van der Waals surface area contributed by atoms with Crippen LogP contribution < -0.4 is 0 Å². The highest BCUT2D eigenvalue weighted by molar-refractivity contribution is 7.46. The second-order valence-electron chi connectivity index (χ2n) is 6.62. The number of carbonyl (C=O) groups excluding carboxylic acids is 1. The average Bonchev–Trinajstić information content (AvgIpc) is 2.59. The molecule has 1 aliphatic rings. The van der Waals surface area contributed by atoms with Gasteiger partial charge in [-0.25, -0.2) is 4.57 Å². The Balaban J connectivity index is 2.33. The first-order chi connectivity index (χ1) is 12.7. The first-order valence-electron chi connectivity index (χ1n) is 9.18. The number of Topliss-reactive ketones (excluding diaryl/α,β-unsaturated/α-hetero) is 1. The van der Waals surface area contributed by atoms with Gasteiger partial charge in [-0.15, -0.1) is 0 Å². The molecule has 1 rings (SSSR count). The molecular formula is C16H31O10P. The third-order valence-corrected chi connectivity index (χ3v) is 4.75. The summed E-state index contributed by atoms with van der Waals surface area (Å²) in [5, 5.41) is 29.6. The van der Waals surface area contributed by atoms with Crippen molar-refractivity contribution >= 4 is 13.6 Å². The van der Waals surface area contributed by atoms with Crippen LogP contribution in [0.5, 0.6) is 0 Å². The first kappa shape index (κ1) is 24.6. The van der Waals surface area contributed by atoms with Crippen molar-refractivity contribution in [3.05, 3.63) is 0 Å². The van der Waals surface area contributed by atoms with Crippen molar-refractivity contribution in [3.8, 4) is 0 Å². The van der Waals surface area contributed by atoms with Crippen LogP contribution in [0.4, 0.5) is 0 Å². The zero-order valence-corrected chi connectivity index (χ0v) is 16.4. The highest BCUT2D eigenvalue weighted by atomic mass is 31.2. The van der Waals surface area contributed by atoms with Crippen LogP contribution in [-0.2, 0) is 23.4 Å². The van der Waals surface area contributed by atoms with E-state index in [0.29, 0.717) is 25.7 Å². The first-order valence-corrected chi connectivity index (χ1v) is 10.7. The zero-order valence-electron chi connectivity index (χ0n) is 15.5. The van der Waals surface area contributed by atoms with Gasteiger partial charge in [-0.2, -0.15) is 0 Å². The van der Waals surface area contributed by atoms with E-state index >= 15 is 0 Å². The van der Waals surface area contributed by atoms with E-state index in [1.165, 1.54) is 0 Å². The fourth-order valence-corrected chi connectivity index (χ4v) is 3.02. The Kier molecular flexibility index (Phi) is 11.1. The van der Waals surface area contributed by atoms with Crippen LogP contribution >= 0.6 is 7.82 Å². The number of phosphoric ester groups is 1. The van der Waals surface area contributed by atoms with Gasteiger partial charge in [0.25, 0.3) is 0 Å². The van der Waals surface area contributed by atoms with Gasteiger partial charge in [-0.05, 0) is 19.3 Å². The molecule has 27 heavy (non-hydrogen) atoms. The molecule has 160 valence electrons.